The van der Waals surface area contributed by atoms with Gasteiger partial charge in [0.15, 0.2) is 0 Å². The van der Waals surface area contributed by atoms with Crippen molar-refractivity contribution in [1.82, 2.24) is 9.88 Å². The maximum absolute atomic E-state index is 11.5. The number of pyridine rings is 1. The number of carboxylic acids is 1. The van der Waals surface area contributed by atoms with E-state index in [1.165, 1.54) is 11.1 Å². The van der Waals surface area contributed by atoms with E-state index < -0.39 is 5.97 Å². The topological polar surface area (TPSA) is 117 Å². The summed E-state index contributed by atoms with van der Waals surface area (Å²) in [7, 11) is 1.73. The highest BCUT2D eigenvalue weighted by Crippen LogP contribution is 2.36. The summed E-state index contributed by atoms with van der Waals surface area (Å²) in [6.45, 7) is 5.85. The van der Waals surface area contributed by atoms with Gasteiger partial charge in [-0.1, -0.05) is 41.9 Å². The molecule has 210 valence electrons. The van der Waals surface area contributed by atoms with Crippen molar-refractivity contribution in [3.63, 3.8) is 0 Å². The van der Waals surface area contributed by atoms with Gasteiger partial charge in [0.25, 0.3) is 0 Å². The number of ether oxygens (including phenoxy) is 3. The third-order valence-electron chi connectivity index (χ3n) is 6.50. The third kappa shape index (κ3) is 7.18. The smallest absolute Gasteiger partial charge is 0.342 e. The van der Waals surface area contributed by atoms with Gasteiger partial charge in [-0.3, -0.25) is 4.90 Å². The van der Waals surface area contributed by atoms with Crippen molar-refractivity contribution < 1.29 is 24.1 Å². The first-order valence-corrected chi connectivity index (χ1v) is 13.4. The number of halogens is 1. The molecule has 1 aromatic heterocycles. The summed E-state index contributed by atoms with van der Waals surface area (Å²) in [4.78, 5) is 18.6. The minimum atomic E-state index is -1.28. The molecule has 0 aliphatic carbocycles. The molecule has 0 saturated carbocycles. The van der Waals surface area contributed by atoms with E-state index >= 15 is 0 Å². The maximum Gasteiger partial charge on any atom is 0.342 e. The van der Waals surface area contributed by atoms with E-state index in [1.807, 2.05) is 18.2 Å². The van der Waals surface area contributed by atoms with Gasteiger partial charge in [0.2, 0.25) is 5.88 Å². The highest BCUT2D eigenvalue weighted by Gasteiger charge is 2.18. The van der Waals surface area contributed by atoms with E-state index in [9.17, 15) is 9.90 Å². The summed E-state index contributed by atoms with van der Waals surface area (Å²) in [6, 6.07) is 17.2. The molecule has 0 saturated heterocycles. The molecule has 4 rings (SSSR count). The van der Waals surface area contributed by atoms with Gasteiger partial charge < -0.3 is 30.0 Å². The fourth-order valence-electron chi connectivity index (χ4n) is 4.50. The Bertz CT molecular complexity index is 1390. The number of anilines is 1. The lowest BCUT2D eigenvalue weighted by Gasteiger charge is -2.28. The van der Waals surface area contributed by atoms with Crippen molar-refractivity contribution in [3.05, 3.63) is 87.8 Å². The molecule has 0 unspecified atom stereocenters. The second-order valence-corrected chi connectivity index (χ2v) is 9.59. The first kappa shape index (κ1) is 29.1. The summed E-state index contributed by atoms with van der Waals surface area (Å²) >= 11 is 6.58. The normalized spacial score (nSPS) is 13.7. The van der Waals surface area contributed by atoms with Gasteiger partial charge in [-0.25, -0.2) is 9.78 Å². The Hall–Kier alpha value is -3.92. The molecule has 0 bridgehead atoms. The van der Waals surface area contributed by atoms with Crippen LogP contribution in [-0.2, 0) is 33.8 Å². The number of para-hydroxylation sites is 1. The number of hydrogen-bond acceptors (Lipinski definition) is 8. The van der Waals surface area contributed by atoms with Crippen molar-refractivity contribution in [2.75, 3.05) is 38.7 Å². The van der Waals surface area contributed by atoms with Gasteiger partial charge in [-0.2, -0.15) is 0 Å². The molecule has 40 heavy (non-hydrogen) atoms. The second kappa shape index (κ2) is 13.9. The van der Waals surface area contributed by atoms with Crippen LogP contribution in [0.15, 0.2) is 66.1 Å². The molecule has 0 spiro atoms. The molecular weight excluding hydrogens is 532 g/mol. The van der Waals surface area contributed by atoms with Crippen LogP contribution in [0.2, 0.25) is 5.02 Å². The van der Waals surface area contributed by atoms with E-state index in [2.05, 4.69) is 33.4 Å². The minimum absolute atomic E-state index is 0.0635. The number of hydrogen-bond donors (Lipinski definition) is 3. The van der Waals surface area contributed by atoms with Crippen molar-refractivity contribution >= 4 is 29.6 Å². The highest BCUT2D eigenvalue weighted by atomic mass is 35.5. The zero-order valence-corrected chi connectivity index (χ0v) is 23.3. The summed E-state index contributed by atoms with van der Waals surface area (Å²) in [5, 5.41) is 20.2. The molecule has 10 heteroatoms. The molecule has 2 heterocycles. The lowest BCUT2D eigenvalue weighted by molar-refractivity contribution is -0.132. The molecule has 9 nitrogen and oxygen atoms in total. The molecule has 0 radical (unpaired) electrons. The Balaban J connectivity index is 1.54. The number of rotatable bonds is 13. The van der Waals surface area contributed by atoms with Gasteiger partial charge in [-0.05, 0) is 54.3 Å². The van der Waals surface area contributed by atoms with E-state index in [0.717, 1.165) is 44.4 Å². The van der Waals surface area contributed by atoms with Crippen molar-refractivity contribution in [1.29, 1.82) is 5.41 Å². The fraction of sp³-hybridized carbons (Fsp3) is 0.300. The van der Waals surface area contributed by atoms with Crippen LogP contribution in [0.25, 0.3) is 11.3 Å². The quantitative estimate of drug-likeness (QED) is 0.144. The number of nitrogens with zero attached hydrogens (tertiary/aromatic N) is 2. The Morgan fingerprint density at radius 3 is 2.77 bits per heavy atom. The lowest BCUT2D eigenvalue weighted by atomic mass is 9.97. The Morgan fingerprint density at radius 1 is 1.20 bits per heavy atom. The lowest BCUT2D eigenvalue weighted by Crippen LogP contribution is -2.33. The predicted molar refractivity (Wildman–Crippen MR) is 155 cm³/mol. The zero-order valence-electron chi connectivity index (χ0n) is 22.6. The van der Waals surface area contributed by atoms with Crippen LogP contribution in [0.1, 0.15) is 23.6 Å². The van der Waals surface area contributed by atoms with Crippen molar-refractivity contribution in [2.24, 2.45) is 0 Å². The van der Waals surface area contributed by atoms with E-state index in [0.29, 0.717) is 34.5 Å². The zero-order chi connectivity index (χ0) is 28.5. The first-order chi connectivity index (χ1) is 19.4. The molecule has 2 aromatic carbocycles. The highest BCUT2D eigenvalue weighted by molar-refractivity contribution is 6.32. The predicted octanol–water partition coefficient (Wildman–Crippen LogP) is 5.38. The van der Waals surface area contributed by atoms with Crippen LogP contribution in [0.5, 0.6) is 5.75 Å². The maximum atomic E-state index is 11.5. The molecular formula is C30H33ClN4O5. The van der Waals surface area contributed by atoms with Gasteiger partial charge in [0, 0.05) is 38.5 Å². The van der Waals surface area contributed by atoms with Crippen LogP contribution < -0.4 is 10.1 Å². The van der Waals surface area contributed by atoms with Crippen molar-refractivity contribution in [3.8, 4) is 17.0 Å². The Kier molecular flexibility index (Phi) is 10.1. The standard InChI is InChI=1S/C30H33ClN4O5/c1-3-39-29(24(17-32)30(36)37)34-27-9-5-8-26(33-27)23-6-4-7-25(31)28(23)40-19-20-10-11-22-18-35(14-15-38-2)13-12-21(22)16-20/h4-11,16-17,32H,3,12-15,18-19H2,1-2H3,(H,33,34)(H,36,37)/b29-24-,32-17?. The Morgan fingerprint density at radius 2 is 2.02 bits per heavy atom. The van der Waals surface area contributed by atoms with Crippen molar-refractivity contribution in [2.45, 2.75) is 26.5 Å². The van der Waals surface area contributed by atoms with Crippen LogP contribution in [0.4, 0.5) is 5.82 Å². The SMILES string of the molecule is CCO/C(Nc1cccc(-c2cccc(Cl)c2OCc2ccc3c(c2)CCN(CCOC)C3)n1)=C(/C=N)C(=O)O. The first-order valence-electron chi connectivity index (χ1n) is 13.0. The Labute approximate surface area is 238 Å². The van der Waals surface area contributed by atoms with Crippen LogP contribution in [0, 0.1) is 5.41 Å². The number of nitrogens with one attached hydrogen (secondary N) is 2. The monoisotopic (exact) mass is 564 g/mol. The number of methoxy groups -OCH3 is 1. The van der Waals surface area contributed by atoms with Gasteiger partial charge in [-0.15, -0.1) is 0 Å². The number of aliphatic carboxylic acids is 1. The van der Waals surface area contributed by atoms with Gasteiger partial charge in [0.05, 0.1) is 23.9 Å². The largest absolute Gasteiger partial charge is 0.487 e. The summed E-state index contributed by atoms with van der Waals surface area (Å²) in [5.41, 5.74) is 4.67. The van der Waals surface area contributed by atoms with Gasteiger partial charge >= 0.3 is 5.97 Å². The fourth-order valence-corrected chi connectivity index (χ4v) is 4.73. The summed E-state index contributed by atoms with van der Waals surface area (Å²) in [6.07, 6.45) is 1.71. The molecule has 0 amide bonds. The van der Waals surface area contributed by atoms with Crippen LogP contribution in [-0.4, -0.2) is 60.6 Å². The second-order valence-electron chi connectivity index (χ2n) is 9.19. The van der Waals surface area contributed by atoms with E-state index in [1.54, 1.807) is 32.2 Å². The average molecular weight is 565 g/mol. The minimum Gasteiger partial charge on any atom is -0.487 e. The molecule has 0 fully saturated rings. The summed E-state index contributed by atoms with van der Waals surface area (Å²) in [5.74, 6) is -0.491. The molecule has 1 aliphatic rings. The third-order valence-corrected chi connectivity index (χ3v) is 6.80. The van der Waals surface area contributed by atoms with E-state index in [-0.39, 0.29) is 18.1 Å². The van der Waals surface area contributed by atoms with Gasteiger partial charge in [0.1, 0.15) is 23.7 Å². The molecule has 3 N–H and O–H groups in total. The number of benzene rings is 2. The molecule has 3 aromatic rings. The molecule has 1 aliphatic heterocycles. The molecule has 0 atom stereocenters. The number of aromatic nitrogens is 1. The van der Waals surface area contributed by atoms with E-state index in [4.69, 9.17) is 31.2 Å². The van der Waals surface area contributed by atoms with Crippen LogP contribution in [0.3, 0.4) is 0 Å². The number of fused-ring (bicyclic) bond motifs is 1. The average Bonchev–Trinajstić information content (AvgIpc) is 2.95. The summed E-state index contributed by atoms with van der Waals surface area (Å²) < 4.78 is 16.9. The number of carbonyl (C=O) groups is 1. The number of carboxylic acid groups (broad SMARTS) is 1. The van der Waals surface area contributed by atoms with Crippen LogP contribution >= 0.6 is 11.6 Å².